The van der Waals surface area contributed by atoms with Crippen molar-refractivity contribution in [2.24, 2.45) is 5.41 Å². The molecule has 0 bridgehead atoms. The molecular weight excluding hydrogens is 342 g/mol. The zero-order chi connectivity index (χ0) is 20.0. The smallest absolute Gasteiger partial charge is 0.407 e. The lowest BCUT2D eigenvalue weighted by Crippen LogP contribution is -2.28. The average Bonchev–Trinajstić information content (AvgIpc) is 3.10. The maximum atomic E-state index is 11.3. The highest BCUT2D eigenvalue weighted by molar-refractivity contribution is 5.81. The fourth-order valence-electron chi connectivity index (χ4n) is 1.56. The van der Waals surface area contributed by atoms with Gasteiger partial charge in [0, 0.05) is 18.4 Å². The van der Waals surface area contributed by atoms with E-state index < -0.39 is 11.5 Å². The van der Waals surface area contributed by atoms with Crippen molar-refractivity contribution in [3.05, 3.63) is 29.7 Å². The van der Waals surface area contributed by atoms with Crippen molar-refractivity contribution in [2.45, 2.75) is 40.0 Å². The third kappa shape index (κ3) is 12.6. The van der Waals surface area contributed by atoms with Crippen LogP contribution in [0.4, 0.5) is 4.79 Å². The molecule has 0 saturated heterocycles. The van der Waals surface area contributed by atoms with Crippen LogP contribution >= 0.6 is 0 Å². The summed E-state index contributed by atoms with van der Waals surface area (Å²) in [5.41, 5.74) is 1.29. The fourth-order valence-corrected chi connectivity index (χ4v) is 1.56. The van der Waals surface area contributed by atoms with E-state index in [0.717, 1.165) is 25.0 Å². The topological polar surface area (TPSA) is 142 Å². The Balaban J connectivity index is 0.000000660. The molecule has 26 heavy (non-hydrogen) atoms. The number of ether oxygens (including phenoxy) is 1. The molecule has 1 aromatic rings. The second kappa shape index (κ2) is 12.5. The van der Waals surface area contributed by atoms with Crippen molar-refractivity contribution in [1.82, 2.24) is 15.3 Å². The summed E-state index contributed by atoms with van der Waals surface area (Å²) >= 11 is 0. The molecule has 1 amide bonds. The molecule has 4 N–H and O–H groups in total. The predicted molar refractivity (Wildman–Crippen MR) is 94.7 cm³/mol. The summed E-state index contributed by atoms with van der Waals surface area (Å²) < 4.78 is 5.07. The Labute approximate surface area is 152 Å². The number of aldehydes is 2. The third-order valence-corrected chi connectivity index (χ3v) is 3.01. The maximum Gasteiger partial charge on any atom is 0.407 e. The maximum absolute atomic E-state index is 11.3. The van der Waals surface area contributed by atoms with Crippen LogP contribution in [0, 0.1) is 5.41 Å². The normalized spacial score (nSPS) is 11.5. The van der Waals surface area contributed by atoms with Gasteiger partial charge in [-0.1, -0.05) is 20.8 Å². The summed E-state index contributed by atoms with van der Waals surface area (Å²) in [7, 11) is 0. The van der Waals surface area contributed by atoms with E-state index in [2.05, 4.69) is 36.1 Å². The number of aryl methyl sites for hydroxylation is 1. The Morgan fingerprint density at radius 2 is 1.88 bits per heavy atom. The molecule has 9 heteroatoms. The van der Waals surface area contributed by atoms with Crippen molar-refractivity contribution >= 4 is 18.7 Å². The number of aromatic nitrogens is 2. The Kier molecular flexibility index (Phi) is 11.1. The quantitative estimate of drug-likeness (QED) is 0.238. The van der Waals surface area contributed by atoms with Crippen LogP contribution in [0.2, 0.25) is 0 Å². The summed E-state index contributed by atoms with van der Waals surface area (Å²) in [6.45, 7) is 7.52. The van der Waals surface area contributed by atoms with Crippen LogP contribution in [0.3, 0.4) is 0 Å². The average molecular weight is 369 g/mol. The van der Waals surface area contributed by atoms with E-state index in [-0.39, 0.29) is 24.1 Å². The Morgan fingerprint density at radius 3 is 2.35 bits per heavy atom. The highest BCUT2D eigenvalue weighted by Crippen LogP contribution is 2.16. The molecule has 1 rings (SSSR count). The van der Waals surface area contributed by atoms with Crippen LogP contribution in [0.1, 0.15) is 39.3 Å². The number of H-pyrrole nitrogens is 1. The molecule has 0 aliphatic heterocycles. The lowest BCUT2D eigenvalue weighted by atomic mass is 9.92. The van der Waals surface area contributed by atoms with E-state index in [1.165, 1.54) is 0 Å². The number of carbonyl (C=O) groups excluding carboxylic acids is 3. The third-order valence-electron chi connectivity index (χ3n) is 3.01. The van der Waals surface area contributed by atoms with Crippen molar-refractivity contribution in [2.75, 3.05) is 13.2 Å². The summed E-state index contributed by atoms with van der Waals surface area (Å²) in [5.74, 6) is -1.89. The minimum Gasteiger partial charge on any atom is -0.502 e. The van der Waals surface area contributed by atoms with E-state index in [0.29, 0.717) is 13.2 Å². The van der Waals surface area contributed by atoms with Gasteiger partial charge in [0.1, 0.15) is 0 Å². The first-order valence-corrected chi connectivity index (χ1v) is 8.10. The van der Waals surface area contributed by atoms with Crippen LogP contribution in [-0.2, 0) is 20.7 Å². The molecule has 0 aliphatic carbocycles. The number of aliphatic hydroxyl groups is 2. The number of allylic oxidation sites excluding steroid dienone is 2. The molecule has 146 valence electrons. The number of nitrogens with one attached hydrogen (secondary N) is 2. The van der Waals surface area contributed by atoms with Gasteiger partial charge < -0.3 is 25.3 Å². The highest BCUT2D eigenvalue weighted by Gasteiger charge is 2.10. The number of aromatic amines is 1. The van der Waals surface area contributed by atoms with E-state index in [4.69, 9.17) is 14.9 Å². The van der Waals surface area contributed by atoms with Crippen LogP contribution in [0.5, 0.6) is 0 Å². The number of carbonyl (C=O) groups is 3. The Hall–Kier alpha value is -2.84. The zero-order valence-electron chi connectivity index (χ0n) is 15.3. The number of hydrogen-bond donors (Lipinski definition) is 4. The van der Waals surface area contributed by atoms with Gasteiger partial charge in [0.15, 0.2) is 12.6 Å². The monoisotopic (exact) mass is 369 g/mol. The molecule has 1 heterocycles. The van der Waals surface area contributed by atoms with E-state index in [1.54, 1.807) is 12.5 Å². The highest BCUT2D eigenvalue weighted by atomic mass is 16.5. The van der Waals surface area contributed by atoms with Gasteiger partial charge >= 0.3 is 6.09 Å². The number of nitrogens with zero attached hydrogens (tertiary/aromatic N) is 1. The molecule has 0 aliphatic rings. The molecule has 0 saturated carbocycles. The SMILES string of the molecule is CC(C)(C)CCNC(=O)OCCCc1cnc[nH]1.O=CC(O)=C(O)C=O. The van der Waals surface area contributed by atoms with Crippen molar-refractivity contribution in [1.29, 1.82) is 0 Å². The number of rotatable bonds is 8. The standard InChI is InChI=1S/C13H23N3O2.C4H4O4/c1-13(2,3)6-7-15-12(17)18-8-4-5-11-9-14-10-16-11;5-1-3(7)4(8)2-6/h9-10H,4-8H2,1-3H3,(H,14,16)(H,15,17);1-2,7-8H. The Bertz CT molecular complexity index is 560. The number of alkyl carbamates (subject to hydrolysis) is 1. The van der Waals surface area contributed by atoms with Crippen LogP contribution < -0.4 is 5.32 Å². The zero-order valence-corrected chi connectivity index (χ0v) is 15.3. The molecule has 0 spiro atoms. The van der Waals surface area contributed by atoms with Gasteiger partial charge in [0.25, 0.3) is 0 Å². The van der Waals surface area contributed by atoms with Crippen LogP contribution in [0.25, 0.3) is 0 Å². The number of aliphatic hydroxyl groups excluding tert-OH is 2. The van der Waals surface area contributed by atoms with Gasteiger partial charge in [-0.2, -0.15) is 0 Å². The van der Waals surface area contributed by atoms with Crippen molar-refractivity contribution in [3.8, 4) is 0 Å². The second-order valence-corrected chi connectivity index (χ2v) is 6.56. The minimum atomic E-state index is -0.944. The molecule has 0 radical (unpaired) electrons. The first kappa shape index (κ1) is 23.2. The van der Waals surface area contributed by atoms with Crippen molar-refractivity contribution < 1.29 is 29.3 Å². The fraction of sp³-hybridized carbons (Fsp3) is 0.529. The van der Waals surface area contributed by atoms with Gasteiger partial charge in [0.2, 0.25) is 11.5 Å². The second-order valence-electron chi connectivity index (χ2n) is 6.56. The van der Waals surface area contributed by atoms with Gasteiger partial charge in [-0.25, -0.2) is 9.78 Å². The molecule has 0 aromatic carbocycles. The summed E-state index contributed by atoms with van der Waals surface area (Å²) in [5, 5.41) is 19.1. The molecule has 9 nitrogen and oxygen atoms in total. The first-order valence-electron chi connectivity index (χ1n) is 8.10. The van der Waals surface area contributed by atoms with Gasteiger partial charge in [-0.3, -0.25) is 9.59 Å². The van der Waals surface area contributed by atoms with Gasteiger partial charge in [0.05, 0.1) is 12.9 Å². The summed E-state index contributed by atoms with van der Waals surface area (Å²) in [4.78, 5) is 37.2. The largest absolute Gasteiger partial charge is 0.502 e. The minimum absolute atomic E-state index is 0.0241. The molecule has 0 unspecified atom stereocenters. The van der Waals surface area contributed by atoms with E-state index >= 15 is 0 Å². The van der Waals surface area contributed by atoms with Crippen molar-refractivity contribution in [3.63, 3.8) is 0 Å². The number of hydrogen-bond acceptors (Lipinski definition) is 7. The summed E-state index contributed by atoms with van der Waals surface area (Å²) in [6.07, 6.45) is 5.64. The number of imidazole rings is 1. The molecule has 1 aromatic heterocycles. The Morgan fingerprint density at radius 1 is 1.27 bits per heavy atom. The van der Waals surface area contributed by atoms with Gasteiger partial charge in [-0.15, -0.1) is 0 Å². The predicted octanol–water partition coefficient (Wildman–Crippen LogP) is 2.22. The first-order chi connectivity index (χ1) is 12.2. The lowest BCUT2D eigenvalue weighted by molar-refractivity contribution is -0.110. The lowest BCUT2D eigenvalue weighted by Gasteiger charge is -2.17. The van der Waals surface area contributed by atoms with Gasteiger partial charge in [-0.05, 0) is 24.7 Å². The molecule has 0 atom stereocenters. The van der Waals surface area contributed by atoms with E-state index in [9.17, 15) is 14.4 Å². The summed E-state index contributed by atoms with van der Waals surface area (Å²) in [6, 6.07) is 0. The van der Waals surface area contributed by atoms with Crippen LogP contribution in [0.15, 0.2) is 24.0 Å². The molecule has 0 fully saturated rings. The van der Waals surface area contributed by atoms with E-state index in [1.807, 2.05) is 0 Å². The van der Waals surface area contributed by atoms with Crippen LogP contribution in [-0.4, -0.2) is 52.0 Å². The molecular formula is C17H27N3O6. The number of amides is 1.